The predicted octanol–water partition coefficient (Wildman–Crippen LogP) is 0.476. The number of carbonyl (C=O) groups excluding carboxylic acids is 1. The van der Waals surface area contributed by atoms with E-state index >= 15 is 0 Å². The summed E-state index contributed by atoms with van der Waals surface area (Å²) >= 11 is 0. The first-order valence-corrected chi connectivity index (χ1v) is 6.11. The largest absolute Gasteiger partial charge is 0.481 e. The average molecular weight is 264 g/mol. The Hall–Kier alpha value is -2.11. The summed E-state index contributed by atoms with van der Waals surface area (Å²) in [6.07, 6.45) is 1.41. The molecule has 1 aliphatic rings. The average Bonchev–Trinajstić information content (AvgIpc) is 2.26. The third-order valence-corrected chi connectivity index (χ3v) is 3.58. The summed E-state index contributed by atoms with van der Waals surface area (Å²) in [7, 11) is 0. The van der Waals surface area contributed by atoms with Crippen molar-refractivity contribution in [2.45, 2.75) is 13.8 Å². The number of carboxylic acids is 1. The Morgan fingerprint density at radius 2 is 2.11 bits per heavy atom. The molecule has 2 N–H and O–H groups in total. The van der Waals surface area contributed by atoms with Crippen molar-refractivity contribution in [3.8, 4) is 0 Å². The van der Waals surface area contributed by atoms with E-state index in [1.165, 1.54) is 17.2 Å². The van der Waals surface area contributed by atoms with Gasteiger partial charge in [-0.2, -0.15) is 0 Å². The van der Waals surface area contributed by atoms with Gasteiger partial charge < -0.3 is 15.0 Å². The van der Waals surface area contributed by atoms with Crippen molar-refractivity contribution in [2.24, 2.45) is 11.8 Å². The number of aryl methyl sites for hydroxylation is 1. The lowest BCUT2D eigenvalue weighted by molar-refractivity contribution is -0.144. The second-order valence-corrected chi connectivity index (χ2v) is 4.99. The first kappa shape index (κ1) is 13.3. The number of pyridine rings is 1. The first-order chi connectivity index (χ1) is 8.90. The second-order valence-electron chi connectivity index (χ2n) is 4.99. The number of rotatable bonds is 3. The maximum atomic E-state index is 12.1. The number of nitrogens with zero attached hydrogens (tertiary/aromatic N) is 1. The Bertz CT molecular complexity index is 572. The van der Waals surface area contributed by atoms with Crippen LogP contribution in [-0.4, -0.2) is 40.0 Å². The van der Waals surface area contributed by atoms with Gasteiger partial charge in [-0.25, -0.2) is 0 Å². The summed E-state index contributed by atoms with van der Waals surface area (Å²) in [6, 6.07) is 1.38. The van der Waals surface area contributed by atoms with Gasteiger partial charge in [-0.15, -0.1) is 0 Å². The molecule has 1 atom stereocenters. The highest BCUT2D eigenvalue weighted by molar-refractivity contribution is 5.94. The number of aromatic amines is 1. The van der Waals surface area contributed by atoms with Gasteiger partial charge in [0.05, 0.1) is 5.92 Å². The highest BCUT2D eigenvalue weighted by atomic mass is 16.4. The Balaban J connectivity index is 2.04. The summed E-state index contributed by atoms with van der Waals surface area (Å²) in [5, 5.41) is 8.88. The molecule has 1 amide bonds. The van der Waals surface area contributed by atoms with Crippen LogP contribution in [0.3, 0.4) is 0 Å². The Labute approximate surface area is 110 Å². The molecule has 0 aromatic carbocycles. The van der Waals surface area contributed by atoms with Crippen LogP contribution < -0.4 is 5.43 Å². The van der Waals surface area contributed by atoms with Gasteiger partial charge in [0.1, 0.15) is 5.56 Å². The maximum absolute atomic E-state index is 12.1. The van der Waals surface area contributed by atoms with Gasteiger partial charge in [0.2, 0.25) is 0 Å². The minimum atomic E-state index is -0.856. The molecule has 19 heavy (non-hydrogen) atoms. The van der Waals surface area contributed by atoms with Gasteiger partial charge in [-0.05, 0) is 6.92 Å². The van der Waals surface area contributed by atoms with E-state index in [4.69, 9.17) is 5.11 Å². The van der Waals surface area contributed by atoms with Crippen LogP contribution in [0.5, 0.6) is 0 Å². The van der Waals surface area contributed by atoms with Crippen LogP contribution >= 0.6 is 0 Å². The summed E-state index contributed by atoms with van der Waals surface area (Å²) in [5.74, 6) is -1.70. The molecular weight excluding hydrogens is 248 g/mol. The third kappa shape index (κ3) is 2.52. The number of carbonyl (C=O) groups is 2. The Morgan fingerprint density at radius 1 is 1.47 bits per heavy atom. The van der Waals surface area contributed by atoms with Crippen molar-refractivity contribution in [3.05, 3.63) is 33.7 Å². The van der Waals surface area contributed by atoms with Crippen molar-refractivity contribution in [1.29, 1.82) is 0 Å². The predicted molar refractivity (Wildman–Crippen MR) is 68.0 cm³/mol. The summed E-state index contributed by atoms with van der Waals surface area (Å²) in [4.78, 5) is 38.9. The van der Waals surface area contributed by atoms with E-state index in [0.717, 1.165) is 0 Å². The fourth-order valence-corrected chi connectivity index (χ4v) is 2.11. The number of likely N-dealkylation sites (tertiary alicyclic amines) is 1. The van der Waals surface area contributed by atoms with Gasteiger partial charge in [0, 0.05) is 37.0 Å². The SMILES string of the molecule is Cc1cc(=O)c(C(=O)N2CC(C(C)C(=O)O)C2)c[nH]1. The number of hydrogen-bond donors (Lipinski definition) is 2. The molecule has 0 aliphatic carbocycles. The monoisotopic (exact) mass is 264 g/mol. The van der Waals surface area contributed by atoms with Gasteiger partial charge in [0.15, 0.2) is 5.43 Å². The molecule has 1 fully saturated rings. The van der Waals surface area contributed by atoms with Crippen LogP contribution in [0.1, 0.15) is 23.0 Å². The molecule has 2 heterocycles. The molecule has 6 heteroatoms. The van der Waals surface area contributed by atoms with Crippen molar-refractivity contribution in [3.63, 3.8) is 0 Å². The van der Waals surface area contributed by atoms with Crippen LogP contribution in [0, 0.1) is 18.8 Å². The third-order valence-electron chi connectivity index (χ3n) is 3.58. The maximum Gasteiger partial charge on any atom is 0.306 e. The lowest BCUT2D eigenvalue weighted by Crippen LogP contribution is -2.54. The van der Waals surface area contributed by atoms with Crippen LogP contribution in [0.4, 0.5) is 0 Å². The van der Waals surface area contributed by atoms with Crippen molar-refractivity contribution >= 4 is 11.9 Å². The van der Waals surface area contributed by atoms with Gasteiger partial charge in [0.25, 0.3) is 5.91 Å². The van der Waals surface area contributed by atoms with E-state index in [1.54, 1.807) is 13.8 Å². The van der Waals surface area contributed by atoms with Gasteiger partial charge >= 0.3 is 5.97 Å². The molecule has 0 radical (unpaired) electrons. The number of nitrogens with one attached hydrogen (secondary N) is 1. The van der Waals surface area contributed by atoms with Crippen molar-refractivity contribution < 1.29 is 14.7 Å². The molecule has 2 rings (SSSR count). The standard InChI is InChI=1S/C13H16N2O4/c1-7-3-11(16)10(4-14-7)12(17)15-5-9(6-15)8(2)13(18)19/h3-4,8-9H,5-6H2,1-2H3,(H,14,16)(H,18,19). The molecule has 0 saturated carbocycles. The second kappa shape index (κ2) is 4.87. The minimum Gasteiger partial charge on any atom is -0.481 e. The van der Waals surface area contributed by atoms with E-state index < -0.39 is 11.9 Å². The molecule has 1 aromatic heterocycles. The zero-order valence-corrected chi connectivity index (χ0v) is 10.8. The van der Waals surface area contributed by atoms with E-state index in [1.807, 2.05) is 0 Å². The Kier molecular flexibility index (Phi) is 3.42. The minimum absolute atomic E-state index is 0.0361. The summed E-state index contributed by atoms with van der Waals surface area (Å²) in [6.45, 7) is 4.15. The molecule has 0 spiro atoms. The van der Waals surface area contributed by atoms with E-state index in [2.05, 4.69) is 4.98 Å². The molecule has 1 aliphatic heterocycles. The highest BCUT2D eigenvalue weighted by Crippen LogP contribution is 2.25. The number of carboxylic acid groups (broad SMARTS) is 1. The smallest absolute Gasteiger partial charge is 0.306 e. The summed E-state index contributed by atoms with van der Waals surface area (Å²) < 4.78 is 0. The summed E-state index contributed by atoms with van der Waals surface area (Å²) in [5.41, 5.74) is 0.491. The lowest BCUT2D eigenvalue weighted by Gasteiger charge is -2.41. The highest BCUT2D eigenvalue weighted by Gasteiger charge is 2.37. The number of amides is 1. The van der Waals surface area contributed by atoms with Gasteiger partial charge in [-0.1, -0.05) is 6.92 Å². The molecule has 0 bridgehead atoms. The number of aliphatic carboxylic acids is 1. The zero-order chi connectivity index (χ0) is 14.2. The van der Waals surface area contributed by atoms with Crippen LogP contribution in [0.2, 0.25) is 0 Å². The molecule has 6 nitrogen and oxygen atoms in total. The first-order valence-electron chi connectivity index (χ1n) is 6.11. The quantitative estimate of drug-likeness (QED) is 0.830. The number of hydrogen-bond acceptors (Lipinski definition) is 3. The molecule has 1 unspecified atom stereocenters. The number of H-pyrrole nitrogens is 1. The van der Waals surface area contributed by atoms with E-state index in [0.29, 0.717) is 18.8 Å². The van der Waals surface area contributed by atoms with Crippen LogP contribution in [0.25, 0.3) is 0 Å². The molecular formula is C13H16N2O4. The van der Waals surface area contributed by atoms with Crippen molar-refractivity contribution in [2.75, 3.05) is 13.1 Å². The topological polar surface area (TPSA) is 90.5 Å². The Morgan fingerprint density at radius 3 is 2.63 bits per heavy atom. The van der Waals surface area contributed by atoms with Gasteiger partial charge in [-0.3, -0.25) is 14.4 Å². The van der Waals surface area contributed by atoms with Crippen LogP contribution in [0.15, 0.2) is 17.1 Å². The van der Waals surface area contributed by atoms with Crippen LogP contribution in [-0.2, 0) is 4.79 Å². The fourth-order valence-electron chi connectivity index (χ4n) is 2.11. The van der Waals surface area contributed by atoms with E-state index in [9.17, 15) is 14.4 Å². The van der Waals surface area contributed by atoms with E-state index in [-0.39, 0.29) is 22.8 Å². The molecule has 1 aromatic rings. The number of aromatic nitrogens is 1. The normalized spacial score (nSPS) is 16.8. The fraction of sp³-hybridized carbons (Fsp3) is 0.462. The van der Waals surface area contributed by atoms with Crippen molar-refractivity contribution in [1.82, 2.24) is 9.88 Å². The zero-order valence-electron chi connectivity index (χ0n) is 10.8. The molecule has 102 valence electrons. The molecule has 1 saturated heterocycles. The lowest BCUT2D eigenvalue weighted by atomic mass is 9.86.